The number of nitrogens with zero attached hydrogens (tertiary/aromatic N) is 1. The molecular weight excluding hydrogens is 236 g/mol. The van der Waals surface area contributed by atoms with Crippen molar-refractivity contribution in [3.63, 3.8) is 0 Å². The van der Waals surface area contributed by atoms with Crippen LogP contribution in [0, 0.1) is 12.3 Å². The molecule has 1 heterocycles. The number of amides is 1. The van der Waals surface area contributed by atoms with Gasteiger partial charge in [0.2, 0.25) is 5.91 Å². The van der Waals surface area contributed by atoms with Crippen LogP contribution in [0.2, 0.25) is 0 Å². The van der Waals surface area contributed by atoms with Crippen LogP contribution < -0.4 is 5.73 Å². The molecule has 1 aliphatic heterocycles. The molecule has 2 N–H and O–H groups in total. The number of benzene rings is 1. The molecule has 1 aromatic carbocycles. The third kappa shape index (κ3) is 3.36. The fraction of sp³-hybridized carbons (Fsp3) is 0.438. The molecule has 3 nitrogen and oxygen atoms in total. The molecule has 2 rings (SSSR count). The Balaban J connectivity index is 2.01. The van der Waals surface area contributed by atoms with E-state index in [0.717, 1.165) is 25.8 Å². The van der Waals surface area contributed by atoms with Crippen LogP contribution in [0.4, 0.5) is 0 Å². The zero-order valence-corrected chi connectivity index (χ0v) is 11.1. The molecule has 1 fully saturated rings. The Morgan fingerprint density at radius 1 is 1.47 bits per heavy atom. The molecule has 1 saturated heterocycles. The van der Waals surface area contributed by atoms with Gasteiger partial charge in [-0.25, -0.2) is 0 Å². The molecule has 0 aromatic heterocycles. The van der Waals surface area contributed by atoms with E-state index in [1.54, 1.807) is 0 Å². The van der Waals surface area contributed by atoms with E-state index in [0.29, 0.717) is 6.42 Å². The number of hydrogen-bond donors (Lipinski definition) is 1. The Morgan fingerprint density at radius 2 is 2.21 bits per heavy atom. The molecule has 1 aliphatic rings. The first-order valence-electron chi connectivity index (χ1n) is 6.76. The van der Waals surface area contributed by atoms with E-state index in [4.69, 9.17) is 12.2 Å². The molecule has 1 aromatic rings. The summed E-state index contributed by atoms with van der Waals surface area (Å²) in [6, 6.07) is 9.97. The molecule has 19 heavy (non-hydrogen) atoms. The van der Waals surface area contributed by atoms with Crippen molar-refractivity contribution < 1.29 is 4.79 Å². The Bertz CT molecular complexity index is 463. The molecule has 0 radical (unpaired) electrons. The van der Waals surface area contributed by atoms with Crippen LogP contribution in [-0.4, -0.2) is 29.4 Å². The highest BCUT2D eigenvalue weighted by Gasteiger charge is 2.31. The van der Waals surface area contributed by atoms with Gasteiger partial charge in [-0.2, -0.15) is 0 Å². The van der Waals surface area contributed by atoms with Crippen LogP contribution in [0.5, 0.6) is 0 Å². The minimum absolute atomic E-state index is 0.00335. The first kappa shape index (κ1) is 13.6. The van der Waals surface area contributed by atoms with Crippen LogP contribution in [0.15, 0.2) is 30.3 Å². The first-order valence-corrected chi connectivity index (χ1v) is 6.76. The van der Waals surface area contributed by atoms with Crippen molar-refractivity contribution in [3.05, 3.63) is 35.9 Å². The van der Waals surface area contributed by atoms with Gasteiger partial charge in [-0.1, -0.05) is 30.3 Å². The number of carbonyl (C=O) groups is 1. The third-order valence-electron chi connectivity index (χ3n) is 3.63. The Hall–Kier alpha value is -1.79. The highest BCUT2D eigenvalue weighted by Crippen LogP contribution is 2.22. The lowest BCUT2D eigenvalue weighted by atomic mass is 10.0. The SMILES string of the molecule is C#CCC(N)C(=O)N1CCCC1Cc1ccccc1. The summed E-state index contributed by atoms with van der Waals surface area (Å²) in [6.45, 7) is 0.800. The van der Waals surface area contributed by atoms with Gasteiger partial charge in [-0.3, -0.25) is 4.79 Å². The molecule has 0 bridgehead atoms. The molecular formula is C16H20N2O. The van der Waals surface area contributed by atoms with E-state index in [1.807, 2.05) is 23.1 Å². The summed E-state index contributed by atoms with van der Waals surface area (Å²) in [4.78, 5) is 14.2. The molecule has 0 spiro atoms. The van der Waals surface area contributed by atoms with E-state index in [-0.39, 0.29) is 11.9 Å². The summed E-state index contributed by atoms with van der Waals surface area (Å²) in [5, 5.41) is 0. The summed E-state index contributed by atoms with van der Waals surface area (Å²) in [7, 11) is 0. The maximum atomic E-state index is 12.2. The van der Waals surface area contributed by atoms with Crippen molar-refractivity contribution >= 4 is 5.91 Å². The maximum absolute atomic E-state index is 12.2. The summed E-state index contributed by atoms with van der Waals surface area (Å²) in [6.07, 6.45) is 8.53. The number of terminal acetylenes is 1. The second kappa shape index (κ2) is 6.40. The molecule has 2 unspecified atom stereocenters. The van der Waals surface area contributed by atoms with Crippen LogP contribution in [0.25, 0.3) is 0 Å². The zero-order valence-electron chi connectivity index (χ0n) is 11.1. The van der Waals surface area contributed by atoms with E-state index >= 15 is 0 Å². The van der Waals surface area contributed by atoms with Crippen molar-refractivity contribution in [2.45, 2.75) is 37.8 Å². The molecule has 1 amide bonds. The van der Waals surface area contributed by atoms with Gasteiger partial charge in [0, 0.05) is 19.0 Å². The van der Waals surface area contributed by atoms with Crippen LogP contribution in [0.3, 0.4) is 0 Å². The number of hydrogen-bond acceptors (Lipinski definition) is 2. The third-order valence-corrected chi connectivity index (χ3v) is 3.63. The van der Waals surface area contributed by atoms with E-state index in [2.05, 4.69) is 18.1 Å². The highest BCUT2D eigenvalue weighted by atomic mass is 16.2. The first-order chi connectivity index (χ1) is 9.22. The molecule has 3 heteroatoms. The summed E-state index contributed by atoms with van der Waals surface area (Å²) in [5.41, 5.74) is 7.09. The molecule has 0 aliphatic carbocycles. The highest BCUT2D eigenvalue weighted by molar-refractivity contribution is 5.82. The fourth-order valence-electron chi connectivity index (χ4n) is 2.65. The minimum Gasteiger partial charge on any atom is -0.338 e. The fourth-order valence-corrected chi connectivity index (χ4v) is 2.65. The largest absolute Gasteiger partial charge is 0.338 e. The Morgan fingerprint density at radius 3 is 2.89 bits per heavy atom. The average Bonchev–Trinajstić information content (AvgIpc) is 2.87. The van der Waals surface area contributed by atoms with Crippen molar-refractivity contribution in [2.75, 3.05) is 6.54 Å². The molecule has 0 saturated carbocycles. The topological polar surface area (TPSA) is 46.3 Å². The van der Waals surface area contributed by atoms with Crippen LogP contribution >= 0.6 is 0 Å². The van der Waals surface area contributed by atoms with E-state index < -0.39 is 6.04 Å². The van der Waals surface area contributed by atoms with Gasteiger partial charge >= 0.3 is 0 Å². The number of likely N-dealkylation sites (tertiary alicyclic amines) is 1. The number of nitrogens with two attached hydrogens (primary N) is 1. The monoisotopic (exact) mass is 256 g/mol. The van der Waals surface area contributed by atoms with Gasteiger partial charge in [0.05, 0.1) is 6.04 Å². The van der Waals surface area contributed by atoms with Crippen molar-refractivity contribution in [1.29, 1.82) is 0 Å². The number of carbonyl (C=O) groups excluding carboxylic acids is 1. The maximum Gasteiger partial charge on any atom is 0.240 e. The predicted octanol–water partition coefficient (Wildman–Crippen LogP) is 1.57. The van der Waals surface area contributed by atoms with Crippen LogP contribution in [0.1, 0.15) is 24.8 Å². The average molecular weight is 256 g/mol. The molecule has 2 atom stereocenters. The lowest BCUT2D eigenvalue weighted by Gasteiger charge is -2.27. The van der Waals surface area contributed by atoms with Gasteiger partial charge in [-0.15, -0.1) is 12.3 Å². The van der Waals surface area contributed by atoms with Gasteiger partial charge in [0.25, 0.3) is 0 Å². The van der Waals surface area contributed by atoms with Crippen molar-refractivity contribution in [1.82, 2.24) is 4.90 Å². The quantitative estimate of drug-likeness (QED) is 0.831. The summed E-state index contributed by atoms with van der Waals surface area (Å²) in [5.74, 6) is 2.46. The lowest BCUT2D eigenvalue weighted by molar-refractivity contribution is -0.133. The van der Waals surface area contributed by atoms with Gasteiger partial charge < -0.3 is 10.6 Å². The van der Waals surface area contributed by atoms with Crippen molar-refractivity contribution in [3.8, 4) is 12.3 Å². The Labute approximate surface area is 114 Å². The van der Waals surface area contributed by atoms with Gasteiger partial charge in [-0.05, 0) is 24.8 Å². The van der Waals surface area contributed by atoms with Crippen molar-refractivity contribution in [2.24, 2.45) is 5.73 Å². The second-order valence-electron chi connectivity index (χ2n) is 5.03. The van der Waals surface area contributed by atoms with E-state index in [1.165, 1.54) is 5.56 Å². The smallest absolute Gasteiger partial charge is 0.240 e. The standard InChI is InChI=1S/C16H20N2O/c1-2-7-15(17)16(19)18-11-6-10-14(18)12-13-8-4-3-5-9-13/h1,3-5,8-9,14-15H,6-7,10-12,17H2. The second-order valence-corrected chi connectivity index (χ2v) is 5.03. The summed E-state index contributed by atoms with van der Waals surface area (Å²) < 4.78 is 0. The number of rotatable bonds is 4. The lowest BCUT2D eigenvalue weighted by Crippen LogP contribution is -2.46. The molecule has 100 valence electrons. The normalized spacial score (nSPS) is 20.0. The zero-order chi connectivity index (χ0) is 13.7. The van der Waals surface area contributed by atoms with E-state index in [9.17, 15) is 4.79 Å². The minimum atomic E-state index is -0.554. The van der Waals surface area contributed by atoms with Gasteiger partial charge in [0.1, 0.15) is 0 Å². The van der Waals surface area contributed by atoms with Gasteiger partial charge in [0.15, 0.2) is 0 Å². The summed E-state index contributed by atoms with van der Waals surface area (Å²) >= 11 is 0. The Kier molecular flexibility index (Phi) is 4.59. The van der Waals surface area contributed by atoms with Crippen LogP contribution in [-0.2, 0) is 11.2 Å². The predicted molar refractivity (Wildman–Crippen MR) is 76.3 cm³/mol.